The van der Waals surface area contributed by atoms with Gasteiger partial charge >= 0.3 is 6.36 Å². The lowest BCUT2D eigenvalue weighted by Gasteiger charge is -2.34. The zero-order valence-electron chi connectivity index (χ0n) is 14.8. The van der Waals surface area contributed by atoms with Crippen LogP contribution in [0.4, 0.5) is 13.2 Å². The first-order valence-corrected chi connectivity index (χ1v) is 9.36. The minimum atomic E-state index is -4.52. The molecule has 0 aliphatic heterocycles. The predicted molar refractivity (Wildman–Crippen MR) is 95.3 cm³/mol. The summed E-state index contributed by atoms with van der Waals surface area (Å²) in [6.07, 6.45) is 5.73. The molecule has 1 fully saturated rings. The molecule has 0 bridgehead atoms. The Morgan fingerprint density at radius 2 is 1.80 bits per heavy atom. The van der Waals surface area contributed by atoms with E-state index in [2.05, 4.69) is 23.4 Å². The molecule has 0 radical (unpaired) electrons. The van der Waals surface area contributed by atoms with E-state index in [1.54, 1.807) is 0 Å². The first-order valence-electron chi connectivity index (χ1n) is 9.36. The normalized spacial score (nSPS) is 22.5. The fraction of sp³-hybridized carbons (Fsp3) is 0.619. The monoisotopic (exact) mass is 354 g/mol. The highest BCUT2D eigenvalue weighted by molar-refractivity contribution is 5.20. The molecule has 1 aromatic rings. The molecule has 1 aliphatic carbocycles. The maximum absolute atomic E-state index is 12.2. The molecule has 1 nitrogen and oxygen atoms in total. The SMILES string of the molecule is C=CCCC1CCC(C(CCCOC(F)(F)F)c2ccccc2)CC1. The van der Waals surface area contributed by atoms with Crippen LogP contribution < -0.4 is 0 Å². The van der Waals surface area contributed by atoms with Gasteiger partial charge in [0, 0.05) is 0 Å². The Balaban J connectivity index is 1.90. The second-order valence-corrected chi connectivity index (χ2v) is 7.10. The lowest BCUT2D eigenvalue weighted by Crippen LogP contribution is -2.22. The third-order valence-electron chi connectivity index (χ3n) is 5.39. The van der Waals surface area contributed by atoms with Gasteiger partial charge in [-0.2, -0.15) is 0 Å². The molecule has 1 aromatic carbocycles. The van der Waals surface area contributed by atoms with Gasteiger partial charge in [-0.25, -0.2) is 0 Å². The van der Waals surface area contributed by atoms with Gasteiger partial charge < -0.3 is 0 Å². The summed E-state index contributed by atoms with van der Waals surface area (Å²) in [5.41, 5.74) is 1.25. The van der Waals surface area contributed by atoms with E-state index in [-0.39, 0.29) is 6.61 Å². The molecule has 0 aromatic heterocycles. The molecule has 4 heteroatoms. The number of rotatable bonds is 9. The number of halogens is 3. The highest BCUT2D eigenvalue weighted by Gasteiger charge is 2.30. The van der Waals surface area contributed by atoms with E-state index in [0.717, 1.165) is 18.8 Å². The smallest absolute Gasteiger partial charge is 0.292 e. The van der Waals surface area contributed by atoms with E-state index < -0.39 is 6.36 Å². The first-order chi connectivity index (χ1) is 12.0. The highest BCUT2D eigenvalue weighted by Crippen LogP contribution is 2.41. The van der Waals surface area contributed by atoms with Crippen molar-refractivity contribution in [3.8, 4) is 0 Å². The van der Waals surface area contributed by atoms with Crippen LogP contribution in [0.15, 0.2) is 43.0 Å². The van der Waals surface area contributed by atoms with Gasteiger partial charge in [0.15, 0.2) is 0 Å². The summed E-state index contributed by atoms with van der Waals surface area (Å²) in [5, 5.41) is 0. The van der Waals surface area contributed by atoms with Crippen LogP contribution in [0.3, 0.4) is 0 Å². The summed E-state index contributed by atoms with van der Waals surface area (Å²) >= 11 is 0. The number of ether oxygens (including phenoxy) is 1. The maximum Gasteiger partial charge on any atom is 0.522 e. The van der Waals surface area contributed by atoms with Gasteiger partial charge in [-0.15, -0.1) is 19.8 Å². The zero-order valence-corrected chi connectivity index (χ0v) is 14.8. The van der Waals surface area contributed by atoms with Crippen molar-refractivity contribution in [2.45, 2.75) is 63.6 Å². The van der Waals surface area contributed by atoms with Gasteiger partial charge in [0.1, 0.15) is 0 Å². The van der Waals surface area contributed by atoms with Crippen LogP contribution in [0.5, 0.6) is 0 Å². The highest BCUT2D eigenvalue weighted by atomic mass is 19.4. The summed E-state index contributed by atoms with van der Waals surface area (Å²) in [5.74, 6) is 1.67. The summed E-state index contributed by atoms with van der Waals surface area (Å²) < 4.78 is 40.5. The Hall–Kier alpha value is -1.29. The molecular weight excluding hydrogens is 325 g/mol. The molecule has 1 saturated carbocycles. The second kappa shape index (κ2) is 10.0. The van der Waals surface area contributed by atoms with Gasteiger partial charge in [-0.3, -0.25) is 4.74 Å². The average Bonchev–Trinajstić information content (AvgIpc) is 2.60. The van der Waals surface area contributed by atoms with Gasteiger partial charge in [-0.05, 0) is 61.8 Å². The molecule has 0 saturated heterocycles. The Morgan fingerprint density at radius 1 is 1.12 bits per heavy atom. The Morgan fingerprint density at radius 3 is 2.40 bits per heavy atom. The van der Waals surface area contributed by atoms with Crippen LogP contribution in [0, 0.1) is 11.8 Å². The number of hydrogen-bond donors (Lipinski definition) is 0. The molecular formula is C21H29F3O. The van der Waals surface area contributed by atoms with Crippen LogP contribution in [0.2, 0.25) is 0 Å². The summed E-state index contributed by atoms with van der Waals surface area (Å²) in [6.45, 7) is 3.55. The fourth-order valence-electron chi connectivity index (χ4n) is 4.10. The molecule has 1 unspecified atom stereocenters. The van der Waals surface area contributed by atoms with E-state index in [4.69, 9.17) is 0 Å². The Labute approximate surface area is 149 Å². The topological polar surface area (TPSA) is 9.23 Å². The molecule has 25 heavy (non-hydrogen) atoms. The third kappa shape index (κ3) is 7.23. The molecule has 1 atom stereocenters. The van der Waals surface area contributed by atoms with Crippen molar-refractivity contribution < 1.29 is 17.9 Å². The lowest BCUT2D eigenvalue weighted by molar-refractivity contribution is -0.324. The van der Waals surface area contributed by atoms with Gasteiger partial charge in [0.2, 0.25) is 0 Å². The second-order valence-electron chi connectivity index (χ2n) is 7.10. The van der Waals surface area contributed by atoms with Crippen molar-refractivity contribution in [3.05, 3.63) is 48.6 Å². The van der Waals surface area contributed by atoms with Crippen molar-refractivity contribution in [1.82, 2.24) is 0 Å². The van der Waals surface area contributed by atoms with E-state index in [1.807, 2.05) is 24.3 Å². The molecule has 2 rings (SSSR count). The predicted octanol–water partition coefficient (Wildman–Crippen LogP) is 6.86. The first kappa shape index (κ1) is 20.0. The molecule has 0 heterocycles. The lowest BCUT2D eigenvalue weighted by atomic mass is 9.71. The fourth-order valence-corrected chi connectivity index (χ4v) is 4.10. The quantitative estimate of drug-likeness (QED) is 0.348. The van der Waals surface area contributed by atoms with Crippen LogP contribution >= 0.6 is 0 Å². The maximum atomic E-state index is 12.2. The number of benzene rings is 1. The van der Waals surface area contributed by atoms with Gasteiger partial charge in [0.05, 0.1) is 6.61 Å². The van der Waals surface area contributed by atoms with Crippen molar-refractivity contribution in [2.75, 3.05) is 6.61 Å². The molecule has 0 amide bonds. The van der Waals surface area contributed by atoms with Crippen LogP contribution in [0.25, 0.3) is 0 Å². The van der Waals surface area contributed by atoms with Crippen LogP contribution in [0.1, 0.15) is 62.8 Å². The number of alkyl halides is 3. The average molecular weight is 354 g/mol. The molecule has 0 spiro atoms. The number of allylic oxidation sites excluding steroid dienone is 1. The Kier molecular flexibility index (Phi) is 8.01. The largest absolute Gasteiger partial charge is 0.522 e. The summed E-state index contributed by atoms with van der Waals surface area (Å²) in [7, 11) is 0. The molecule has 1 aliphatic rings. The van der Waals surface area contributed by atoms with Crippen LogP contribution in [-0.4, -0.2) is 13.0 Å². The summed E-state index contributed by atoms with van der Waals surface area (Å²) in [6, 6.07) is 10.2. The summed E-state index contributed by atoms with van der Waals surface area (Å²) in [4.78, 5) is 0. The van der Waals surface area contributed by atoms with Crippen LogP contribution in [-0.2, 0) is 4.74 Å². The van der Waals surface area contributed by atoms with E-state index in [1.165, 1.54) is 37.7 Å². The molecule has 140 valence electrons. The standard InChI is InChI=1S/C21H29F3O/c1-2-3-8-17-12-14-19(15-13-17)20(18-9-5-4-6-10-18)11-7-16-25-21(22,23)24/h2,4-6,9-10,17,19-20H,1,3,7-8,11-16H2. The van der Waals surface area contributed by atoms with E-state index >= 15 is 0 Å². The third-order valence-corrected chi connectivity index (χ3v) is 5.39. The van der Waals surface area contributed by atoms with Gasteiger partial charge in [-0.1, -0.05) is 49.2 Å². The van der Waals surface area contributed by atoms with Crippen molar-refractivity contribution in [3.63, 3.8) is 0 Å². The molecule has 0 N–H and O–H groups in total. The van der Waals surface area contributed by atoms with E-state index in [9.17, 15) is 13.2 Å². The van der Waals surface area contributed by atoms with Gasteiger partial charge in [0.25, 0.3) is 0 Å². The zero-order chi connectivity index (χ0) is 18.1. The number of hydrogen-bond acceptors (Lipinski definition) is 1. The van der Waals surface area contributed by atoms with E-state index in [0.29, 0.717) is 18.3 Å². The van der Waals surface area contributed by atoms with Crippen molar-refractivity contribution in [1.29, 1.82) is 0 Å². The minimum Gasteiger partial charge on any atom is -0.292 e. The van der Waals surface area contributed by atoms with Crippen molar-refractivity contribution in [2.24, 2.45) is 11.8 Å². The minimum absolute atomic E-state index is 0.248. The van der Waals surface area contributed by atoms with Crippen molar-refractivity contribution >= 4 is 0 Å². The Bertz CT molecular complexity index is 490.